The van der Waals surface area contributed by atoms with E-state index in [2.05, 4.69) is 12.2 Å². The predicted octanol–water partition coefficient (Wildman–Crippen LogP) is 2.09. The zero-order chi connectivity index (χ0) is 14.5. The van der Waals surface area contributed by atoms with E-state index < -0.39 is 9.84 Å². The lowest BCUT2D eigenvalue weighted by Gasteiger charge is -2.21. The molecule has 0 saturated heterocycles. The molecule has 1 unspecified atom stereocenters. The average molecular weight is 285 g/mol. The van der Waals surface area contributed by atoms with Crippen molar-refractivity contribution in [1.29, 1.82) is 0 Å². The van der Waals surface area contributed by atoms with Crippen molar-refractivity contribution >= 4 is 9.84 Å². The van der Waals surface area contributed by atoms with Gasteiger partial charge in [0.1, 0.15) is 15.6 Å². The minimum absolute atomic E-state index is 0.0762. The van der Waals surface area contributed by atoms with Crippen LogP contribution in [0.25, 0.3) is 0 Å². The van der Waals surface area contributed by atoms with Crippen molar-refractivity contribution in [3.8, 4) is 5.75 Å². The monoisotopic (exact) mass is 285 g/mol. The van der Waals surface area contributed by atoms with Crippen molar-refractivity contribution in [2.24, 2.45) is 0 Å². The Hall–Kier alpha value is -1.07. The molecule has 0 bridgehead atoms. The molecule has 0 aliphatic rings. The average Bonchev–Trinajstić information content (AvgIpc) is 2.33. The molecule has 4 nitrogen and oxygen atoms in total. The number of hydrogen-bond acceptors (Lipinski definition) is 4. The van der Waals surface area contributed by atoms with Crippen LogP contribution in [0, 0.1) is 6.92 Å². The fraction of sp³-hybridized carbons (Fsp3) is 0.571. The van der Waals surface area contributed by atoms with Crippen LogP contribution in [0.15, 0.2) is 18.2 Å². The van der Waals surface area contributed by atoms with Gasteiger partial charge in [0, 0.05) is 17.9 Å². The summed E-state index contributed by atoms with van der Waals surface area (Å²) in [6.45, 7) is 4.82. The lowest BCUT2D eigenvalue weighted by Crippen LogP contribution is -2.29. The molecule has 1 aromatic rings. The Morgan fingerprint density at radius 3 is 2.58 bits per heavy atom. The van der Waals surface area contributed by atoms with Gasteiger partial charge in [0.05, 0.1) is 12.9 Å². The van der Waals surface area contributed by atoms with Crippen molar-refractivity contribution in [2.75, 3.05) is 25.7 Å². The molecule has 1 rings (SSSR count). The van der Waals surface area contributed by atoms with E-state index in [1.165, 1.54) is 6.26 Å². The van der Waals surface area contributed by atoms with E-state index >= 15 is 0 Å². The molecular formula is C14H23NO3S. The smallest absolute Gasteiger partial charge is 0.149 e. The first-order valence-electron chi connectivity index (χ1n) is 6.43. The molecule has 0 aromatic heterocycles. The summed E-state index contributed by atoms with van der Waals surface area (Å²) >= 11 is 0. The van der Waals surface area contributed by atoms with Crippen molar-refractivity contribution in [3.63, 3.8) is 0 Å². The van der Waals surface area contributed by atoms with Crippen LogP contribution < -0.4 is 10.1 Å². The Balaban J connectivity index is 3.11. The summed E-state index contributed by atoms with van der Waals surface area (Å²) in [5, 5.41) is 3.29. The molecule has 0 aliphatic heterocycles. The van der Waals surface area contributed by atoms with Crippen LogP contribution in [0.4, 0.5) is 0 Å². The number of hydrogen-bond donors (Lipinski definition) is 1. The van der Waals surface area contributed by atoms with E-state index in [-0.39, 0.29) is 11.8 Å². The summed E-state index contributed by atoms with van der Waals surface area (Å²) in [5.74, 6) is 0.801. The van der Waals surface area contributed by atoms with Crippen molar-refractivity contribution in [2.45, 2.75) is 26.3 Å². The molecule has 0 amide bonds. The number of benzene rings is 1. The largest absolute Gasteiger partial charge is 0.496 e. The van der Waals surface area contributed by atoms with E-state index in [1.54, 1.807) is 7.11 Å². The Bertz CT molecular complexity index is 511. The number of rotatable bonds is 7. The minimum Gasteiger partial charge on any atom is -0.496 e. The molecule has 0 radical (unpaired) electrons. The Morgan fingerprint density at radius 2 is 2.05 bits per heavy atom. The maximum atomic E-state index is 11.6. The molecule has 5 heteroatoms. The van der Waals surface area contributed by atoms with E-state index in [1.807, 2.05) is 25.1 Å². The third-order valence-electron chi connectivity index (χ3n) is 2.87. The van der Waals surface area contributed by atoms with Gasteiger partial charge in [0.25, 0.3) is 0 Å². The van der Waals surface area contributed by atoms with Crippen LogP contribution in [0.3, 0.4) is 0 Å². The van der Waals surface area contributed by atoms with Gasteiger partial charge in [-0.2, -0.15) is 0 Å². The molecule has 0 spiro atoms. The third kappa shape index (κ3) is 5.20. The van der Waals surface area contributed by atoms with Gasteiger partial charge in [-0.3, -0.25) is 0 Å². The number of nitrogens with one attached hydrogen (secondary N) is 1. The lowest BCUT2D eigenvalue weighted by atomic mass is 10.0. The van der Waals surface area contributed by atoms with Crippen LogP contribution in [0.5, 0.6) is 5.75 Å². The number of sulfone groups is 1. The number of aryl methyl sites for hydroxylation is 1. The molecule has 108 valence electrons. The van der Waals surface area contributed by atoms with Gasteiger partial charge in [0.15, 0.2) is 0 Å². The van der Waals surface area contributed by atoms with E-state index in [0.717, 1.165) is 29.8 Å². The molecule has 0 saturated carbocycles. The van der Waals surface area contributed by atoms with Gasteiger partial charge in [0.2, 0.25) is 0 Å². The fourth-order valence-electron chi connectivity index (χ4n) is 2.01. The van der Waals surface area contributed by atoms with Gasteiger partial charge >= 0.3 is 0 Å². The number of ether oxygens (including phenoxy) is 1. The van der Waals surface area contributed by atoms with Crippen molar-refractivity contribution in [1.82, 2.24) is 5.32 Å². The summed E-state index contributed by atoms with van der Waals surface area (Å²) in [5.41, 5.74) is 1.99. The molecular weight excluding hydrogens is 262 g/mol. The van der Waals surface area contributed by atoms with E-state index in [0.29, 0.717) is 0 Å². The second-order valence-corrected chi connectivity index (χ2v) is 7.03. The molecule has 19 heavy (non-hydrogen) atoms. The molecule has 0 heterocycles. The quantitative estimate of drug-likeness (QED) is 0.833. The highest BCUT2D eigenvalue weighted by atomic mass is 32.2. The van der Waals surface area contributed by atoms with Crippen molar-refractivity contribution in [3.05, 3.63) is 29.3 Å². The van der Waals surface area contributed by atoms with E-state index in [4.69, 9.17) is 4.74 Å². The van der Waals surface area contributed by atoms with Gasteiger partial charge in [-0.15, -0.1) is 0 Å². The Labute approximate surface area is 116 Å². The SMILES string of the molecule is CCCNC(CS(C)(=O)=O)c1cc(C)ccc1OC. The Morgan fingerprint density at radius 1 is 1.37 bits per heavy atom. The summed E-state index contributed by atoms with van der Waals surface area (Å²) in [6, 6.07) is 5.59. The van der Waals surface area contributed by atoms with E-state index in [9.17, 15) is 8.42 Å². The van der Waals surface area contributed by atoms with Crippen LogP contribution in [-0.4, -0.2) is 34.1 Å². The zero-order valence-corrected chi connectivity index (χ0v) is 12.9. The topological polar surface area (TPSA) is 55.4 Å². The van der Waals surface area contributed by atoms with Gasteiger partial charge in [-0.25, -0.2) is 8.42 Å². The second kappa shape index (κ2) is 6.91. The predicted molar refractivity (Wildman–Crippen MR) is 78.5 cm³/mol. The summed E-state index contributed by atoms with van der Waals surface area (Å²) in [6.07, 6.45) is 2.21. The summed E-state index contributed by atoms with van der Waals surface area (Å²) in [7, 11) is -1.46. The highest BCUT2D eigenvalue weighted by molar-refractivity contribution is 7.90. The van der Waals surface area contributed by atoms with Gasteiger partial charge in [-0.05, 0) is 26.0 Å². The first-order chi connectivity index (χ1) is 8.87. The highest BCUT2D eigenvalue weighted by Crippen LogP contribution is 2.27. The first kappa shape index (κ1) is 16.0. The maximum Gasteiger partial charge on any atom is 0.149 e. The van der Waals surface area contributed by atoms with Gasteiger partial charge < -0.3 is 10.1 Å². The van der Waals surface area contributed by atoms with Crippen LogP contribution in [0.2, 0.25) is 0 Å². The molecule has 1 aromatic carbocycles. The highest BCUT2D eigenvalue weighted by Gasteiger charge is 2.20. The molecule has 1 N–H and O–H groups in total. The molecule has 1 atom stereocenters. The van der Waals surface area contributed by atoms with Crippen LogP contribution in [0.1, 0.15) is 30.5 Å². The lowest BCUT2D eigenvalue weighted by molar-refractivity contribution is 0.401. The van der Waals surface area contributed by atoms with Gasteiger partial charge in [-0.1, -0.05) is 24.6 Å². The normalized spacial score (nSPS) is 13.3. The molecule has 0 aliphatic carbocycles. The number of methoxy groups -OCH3 is 1. The van der Waals surface area contributed by atoms with Crippen molar-refractivity contribution < 1.29 is 13.2 Å². The minimum atomic E-state index is -3.06. The first-order valence-corrected chi connectivity index (χ1v) is 8.49. The Kier molecular flexibility index (Phi) is 5.82. The van der Waals surface area contributed by atoms with Crippen LogP contribution in [-0.2, 0) is 9.84 Å². The maximum absolute atomic E-state index is 11.6. The van der Waals surface area contributed by atoms with Crippen LogP contribution >= 0.6 is 0 Å². The summed E-state index contributed by atoms with van der Waals surface area (Å²) < 4.78 is 28.5. The summed E-state index contributed by atoms with van der Waals surface area (Å²) in [4.78, 5) is 0. The fourth-order valence-corrected chi connectivity index (χ4v) is 2.91. The third-order valence-corrected chi connectivity index (χ3v) is 3.81. The second-order valence-electron chi connectivity index (χ2n) is 4.84. The standard InChI is InChI=1S/C14H23NO3S/c1-5-8-15-13(10-19(4,16)17)12-9-11(2)6-7-14(12)18-3/h6-7,9,13,15H,5,8,10H2,1-4H3. The molecule has 0 fully saturated rings. The zero-order valence-electron chi connectivity index (χ0n) is 12.1.